The molecule has 0 heterocycles. The van der Waals surface area contributed by atoms with E-state index >= 15 is 0 Å². The highest BCUT2D eigenvalue weighted by Crippen LogP contribution is 2.07. The third kappa shape index (κ3) is 18.9. The van der Waals surface area contributed by atoms with Gasteiger partial charge in [-0.1, -0.05) is 75.5 Å². The Labute approximate surface area is 132 Å². The van der Waals surface area contributed by atoms with Gasteiger partial charge in [-0.05, 0) is 38.5 Å². The molecular formula is C20H33O. The molecule has 0 atom stereocenters. The summed E-state index contributed by atoms with van der Waals surface area (Å²) in [7, 11) is 0. The molecule has 1 nitrogen and oxygen atoms in total. The number of rotatable bonds is 15. The van der Waals surface area contributed by atoms with Crippen molar-refractivity contribution in [3.05, 3.63) is 36.5 Å². The third-order valence-corrected chi connectivity index (χ3v) is 3.42. The first kappa shape index (κ1) is 19.9. The summed E-state index contributed by atoms with van der Waals surface area (Å²) in [6.45, 7) is 2.26. The molecular weight excluding hydrogens is 256 g/mol. The smallest absolute Gasteiger partial charge is 0.198 e. The largest absolute Gasteiger partial charge is 0.291 e. The third-order valence-electron chi connectivity index (χ3n) is 3.42. The monoisotopic (exact) mass is 289 g/mol. The zero-order valence-corrected chi connectivity index (χ0v) is 13.9. The molecule has 0 aliphatic rings. The van der Waals surface area contributed by atoms with E-state index in [-0.39, 0.29) is 0 Å². The predicted octanol–water partition coefficient (Wildman–Crippen LogP) is 6.47. The van der Waals surface area contributed by atoms with E-state index in [4.69, 9.17) is 0 Å². The summed E-state index contributed by atoms with van der Waals surface area (Å²) in [5, 5.41) is 0. The van der Waals surface area contributed by atoms with Gasteiger partial charge in [0, 0.05) is 6.42 Å². The van der Waals surface area contributed by atoms with Gasteiger partial charge in [0.25, 0.3) is 0 Å². The first-order chi connectivity index (χ1) is 10.4. The lowest BCUT2D eigenvalue weighted by molar-refractivity contribution is 0.549. The van der Waals surface area contributed by atoms with Gasteiger partial charge in [-0.15, -0.1) is 0 Å². The SMILES string of the molecule is CCCCCCCCC=CCC=CCC=CCCC[C]=O. The van der Waals surface area contributed by atoms with Crippen LogP contribution < -0.4 is 0 Å². The van der Waals surface area contributed by atoms with Crippen LogP contribution in [0.2, 0.25) is 0 Å². The van der Waals surface area contributed by atoms with Crippen molar-refractivity contribution in [3.8, 4) is 0 Å². The Morgan fingerprint density at radius 1 is 0.667 bits per heavy atom. The number of hydrogen-bond acceptors (Lipinski definition) is 1. The molecule has 0 aromatic carbocycles. The van der Waals surface area contributed by atoms with Gasteiger partial charge < -0.3 is 0 Å². The van der Waals surface area contributed by atoms with Crippen LogP contribution in [-0.4, -0.2) is 6.29 Å². The minimum atomic E-state index is 0.559. The van der Waals surface area contributed by atoms with Crippen LogP contribution in [-0.2, 0) is 4.79 Å². The molecule has 0 aliphatic heterocycles. The van der Waals surface area contributed by atoms with E-state index in [9.17, 15) is 4.79 Å². The van der Waals surface area contributed by atoms with Crippen molar-refractivity contribution in [3.63, 3.8) is 0 Å². The predicted molar refractivity (Wildman–Crippen MR) is 94.2 cm³/mol. The zero-order chi connectivity index (χ0) is 15.4. The summed E-state index contributed by atoms with van der Waals surface area (Å²) in [6, 6.07) is 0. The van der Waals surface area contributed by atoms with Crippen LogP contribution in [0.5, 0.6) is 0 Å². The number of hydrogen-bond donors (Lipinski definition) is 0. The van der Waals surface area contributed by atoms with Crippen molar-refractivity contribution in [2.24, 2.45) is 0 Å². The van der Waals surface area contributed by atoms with Gasteiger partial charge in [-0.2, -0.15) is 0 Å². The summed E-state index contributed by atoms with van der Waals surface area (Å²) in [5.74, 6) is 0. The zero-order valence-electron chi connectivity index (χ0n) is 13.9. The second kappa shape index (κ2) is 18.9. The molecule has 0 saturated heterocycles. The van der Waals surface area contributed by atoms with E-state index in [0.29, 0.717) is 6.42 Å². The Hall–Kier alpha value is -1.11. The average Bonchev–Trinajstić information content (AvgIpc) is 2.50. The molecule has 0 aromatic rings. The number of unbranched alkanes of at least 4 members (excludes halogenated alkanes) is 8. The molecule has 0 aliphatic carbocycles. The molecule has 0 aromatic heterocycles. The summed E-state index contributed by atoms with van der Waals surface area (Å²) in [5.41, 5.74) is 0. The fourth-order valence-electron chi connectivity index (χ4n) is 2.11. The molecule has 0 rings (SSSR count). The Bertz CT molecular complexity index is 286. The number of carbonyl (C=O) groups excluding carboxylic acids is 1. The van der Waals surface area contributed by atoms with Crippen molar-refractivity contribution in [1.29, 1.82) is 0 Å². The topological polar surface area (TPSA) is 17.1 Å². The fraction of sp³-hybridized carbons (Fsp3) is 0.650. The van der Waals surface area contributed by atoms with Crippen molar-refractivity contribution in [2.75, 3.05) is 0 Å². The molecule has 0 saturated carbocycles. The first-order valence-electron chi connectivity index (χ1n) is 8.71. The molecule has 0 amide bonds. The van der Waals surface area contributed by atoms with Gasteiger partial charge in [0.2, 0.25) is 0 Å². The van der Waals surface area contributed by atoms with Crippen molar-refractivity contribution < 1.29 is 4.79 Å². The Morgan fingerprint density at radius 3 is 1.81 bits per heavy atom. The molecule has 119 valence electrons. The second-order valence-electron chi connectivity index (χ2n) is 5.48. The summed E-state index contributed by atoms with van der Waals surface area (Å²) in [6.07, 6.45) is 29.2. The summed E-state index contributed by atoms with van der Waals surface area (Å²) >= 11 is 0. The lowest BCUT2D eigenvalue weighted by Crippen LogP contribution is -1.77. The lowest BCUT2D eigenvalue weighted by Gasteiger charge is -1.97. The average molecular weight is 289 g/mol. The van der Waals surface area contributed by atoms with Gasteiger partial charge in [0.15, 0.2) is 6.29 Å². The maximum atomic E-state index is 10.00. The van der Waals surface area contributed by atoms with Gasteiger partial charge in [-0.3, -0.25) is 4.79 Å². The fourth-order valence-corrected chi connectivity index (χ4v) is 2.11. The highest BCUT2D eigenvalue weighted by Gasteiger charge is 1.87. The van der Waals surface area contributed by atoms with Crippen LogP contribution in [0.25, 0.3) is 0 Å². The standard InChI is InChI=1S/C20H33O/c1-2-3-4-5-6-7-8-9-10-11-12-13-14-15-16-17-18-19-20-21/h9-10,12-13,15-16H,2-8,11,14,17-19H2,1H3. The van der Waals surface area contributed by atoms with Gasteiger partial charge >= 0.3 is 0 Å². The Balaban J connectivity index is 3.26. The lowest BCUT2D eigenvalue weighted by atomic mass is 10.1. The Morgan fingerprint density at radius 2 is 1.19 bits per heavy atom. The molecule has 0 fully saturated rings. The van der Waals surface area contributed by atoms with Crippen molar-refractivity contribution >= 4 is 6.29 Å². The molecule has 0 N–H and O–H groups in total. The molecule has 0 spiro atoms. The quantitative estimate of drug-likeness (QED) is 0.249. The van der Waals surface area contributed by atoms with Crippen LogP contribution in [0, 0.1) is 0 Å². The number of allylic oxidation sites excluding steroid dienone is 6. The van der Waals surface area contributed by atoms with Crippen molar-refractivity contribution in [2.45, 2.75) is 84.0 Å². The van der Waals surface area contributed by atoms with E-state index in [1.807, 2.05) is 6.29 Å². The maximum absolute atomic E-state index is 10.00. The molecule has 0 bridgehead atoms. The van der Waals surface area contributed by atoms with Crippen LogP contribution in [0.15, 0.2) is 36.5 Å². The summed E-state index contributed by atoms with van der Waals surface area (Å²) < 4.78 is 0. The van der Waals surface area contributed by atoms with Crippen LogP contribution in [0.3, 0.4) is 0 Å². The second-order valence-corrected chi connectivity index (χ2v) is 5.48. The first-order valence-corrected chi connectivity index (χ1v) is 8.71. The molecule has 0 unspecified atom stereocenters. The maximum Gasteiger partial charge on any atom is 0.198 e. The highest BCUT2D eigenvalue weighted by molar-refractivity contribution is 5.50. The summed E-state index contributed by atoms with van der Waals surface area (Å²) in [4.78, 5) is 10.00. The van der Waals surface area contributed by atoms with E-state index < -0.39 is 0 Å². The van der Waals surface area contributed by atoms with Crippen LogP contribution in [0.1, 0.15) is 84.0 Å². The van der Waals surface area contributed by atoms with Gasteiger partial charge in [-0.25, -0.2) is 0 Å². The van der Waals surface area contributed by atoms with E-state index in [1.165, 1.54) is 44.9 Å². The van der Waals surface area contributed by atoms with Gasteiger partial charge in [0.1, 0.15) is 0 Å². The van der Waals surface area contributed by atoms with E-state index in [2.05, 4.69) is 43.4 Å². The van der Waals surface area contributed by atoms with Gasteiger partial charge in [0.05, 0.1) is 0 Å². The van der Waals surface area contributed by atoms with Crippen molar-refractivity contribution in [1.82, 2.24) is 0 Å². The minimum absolute atomic E-state index is 0.559. The van der Waals surface area contributed by atoms with Crippen LogP contribution in [0.4, 0.5) is 0 Å². The molecule has 1 heteroatoms. The molecule has 21 heavy (non-hydrogen) atoms. The van der Waals surface area contributed by atoms with E-state index in [1.54, 1.807) is 0 Å². The molecule has 1 radical (unpaired) electrons. The van der Waals surface area contributed by atoms with E-state index in [0.717, 1.165) is 25.7 Å². The normalized spacial score (nSPS) is 12.0. The minimum Gasteiger partial charge on any atom is -0.291 e. The highest BCUT2D eigenvalue weighted by atomic mass is 16.1. The van der Waals surface area contributed by atoms with Crippen LogP contribution >= 0.6 is 0 Å². The Kier molecular flexibility index (Phi) is 17.9.